The first-order valence-corrected chi connectivity index (χ1v) is 14.4. The zero-order valence-electron chi connectivity index (χ0n) is 24.2. The number of carbonyl (C=O) groups is 3. The molecule has 0 saturated carbocycles. The first kappa shape index (κ1) is 28.1. The minimum Gasteiger partial charge on any atom is -0.369 e. The maximum atomic E-state index is 13.4. The number of likely N-dealkylation sites (N-methyl/N-ethyl adjacent to an activating group) is 1. The molecule has 4 aromatic rings. The lowest BCUT2D eigenvalue weighted by molar-refractivity contribution is -0.115. The quantitative estimate of drug-likeness (QED) is 0.220. The Hall–Kier alpha value is -5.08. The third kappa shape index (κ3) is 6.24. The Bertz CT molecular complexity index is 1720. The van der Waals surface area contributed by atoms with Crippen molar-refractivity contribution in [2.45, 2.75) is 12.8 Å². The van der Waals surface area contributed by atoms with Crippen LogP contribution in [0, 0.1) is 6.92 Å². The summed E-state index contributed by atoms with van der Waals surface area (Å²) >= 11 is 0. The van der Waals surface area contributed by atoms with Gasteiger partial charge in [-0.3, -0.25) is 19.4 Å². The molecule has 8 nitrogen and oxygen atoms in total. The highest BCUT2D eigenvalue weighted by Gasteiger charge is 2.30. The second-order valence-electron chi connectivity index (χ2n) is 11.1. The number of hydrogen-bond acceptors (Lipinski definition) is 6. The van der Waals surface area contributed by atoms with Gasteiger partial charge in [-0.25, -0.2) is 0 Å². The van der Waals surface area contributed by atoms with Gasteiger partial charge in [0.25, 0.3) is 5.91 Å². The molecule has 0 aliphatic carbocycles. The van der Waals surface area contributed by atoms with Crippen LogP contribution >= 0.6 is 0 Å². The molecule has 6 rings (SSSR count). The molecule has 2 amide bonds. The van der Waals surface area contributed by atoms with Gasteiger partial charge in [0.05, 0.1) is 5.69 Å². The zero-order valence-corrected chi connectivity index (χ0v) is 24.2. The molecule has 4 aromatic carbocycles. The van der Waals surface area contributed by atoms with Crippen molar-refractivity contribution in [1.82, 2.24) is 4.90 Å². The smallest absolute Gasteiger partial charge is 0.255 e. The van der Waals surface area contributed by atoms with Gasteiger partial charge >= 0.3 is 0 Å². The van der Waals surface area contributed by atoms with E-state index in [2.05, 4.69) is 44.6 Å². The first-order valence-electron chi connectivity index (χ1n) is 14.4. The molecule has 8 heteroatoms. The second-order valence-corrected chi connectivity index (χ2v) is 11.1. The van der Waals surface area contributed by atoms with Crippen LogP contribution in [0.5, 0.6) is 0 Å². The molecule has 2 aliphatic heterocycles. The standard InChI is InChI=1S/C35H33N5O3/c1-23-5-3-7-26(19-23)34(42)37-28-8-4-6-24(20-28)33(41)25-9-14-30-31(35(43)38-32(30)21-25)22-36-27-10-12-29(13-11-27)40-17-15-39(2)16-18-40/h3-14,19-22,31H,15-18H2,1-2H3,(H,37,42)(H,38,43). The van der Waals surface area contributed by atoms with E-state index in [-0.39, 0.29) is 17.6 Å². The Kier molecular flexibility index (Phi) is 7.85. The summed E-state index contributed by atoms with van der Waals surface area (Å²) in [5, 5.41) is 5.76. The fraction of sp³-hybridized carbons (Fsp3) is 0.200. The highest BCUT2D eigenvalue weighted by molar-refractivity contribution is 6.15. The molecule has 2 aliphatic rings. The molecule has 0 spiro atoms. The number of piperazine rings is 1. The van der Waals surface area contributed by atoms with E-state index in [1.807, 2.05) is 37.3 Å². The number of carbonyl (C=O) groups excluding carboxylic acids is 3. The molecule has 1 atom stereocenters. The summed E-state index contributed by atoms with van der Waals surface area (Å²) in [5.41, 5.74) is 6.27. The number of hydrogen-bond donors (Lipinski definition) is 2. The normalized spacial score (nSPS) is 16.7. The lowest BCUT2D eigenvalue weighted by Crippen LogP contribution is -2.44. The van der Waals surface area contributed by atoms with Crippen LogP contribution in [-0.2, 0) is 4.79 Å². The Balaban J connectivity index is 1.13. The van der Waals surface area contributed by atoms with Gasteiger partial charge in [0.15, 0.2) is 5.78 Å². The summed E-state index contributed by atoms with van der Waals surface area (Å²) in [6.45, 7) is 6.01. The summed E-state index contributed by atoms with van der Waals surface area (Å²) < 4.78 is 0. The highest BCUT2D eigenvalue weighted by Crippen LogP contribution is 2.33. The summed E-state index contributed by atoms with van der Waals surface area (Å²) in [4.78, 5) is 48.2. The van der Waals surface area contributed by atoms with Crippen LogP contribution in [0.4, 0.5) is 22.7 Å². The van der Waals surface area contributed by atoms with Crippen LogP contribution in [0.15, 0.2) is 96.0 Å². The van der Waals surface area contributed by atoms with Gasteiger partial charge < -0.3 is 20.4 Å². The molecule has 216 valence electrons. The second kappa shape index (κ2) is 12.0. The van der Waals surface area contributed by atoms with Crippen LogP contribution < -0.4 is 15.5 Å². The largest absolute Gasteiger partial charge is 0.369 e. The average Bonchev–Trinajstić information content (AvgIpc) is 3.34. The van der Waals surface area contributed by atoms with E-state index in [9.17, 15) is 14.4 Å². The van der Waals surface area contributed by atoms with Crippen LogP contribution in [0.3, 0.4) is 0 Å². The number of anilines is 3. The topological polar surface area (TPSA) is 94.1 Å². The van der Waals surface area contributed by atoms with E-state index in [0.717, 1.165) is 43.0 Å². The molecular weight excluding hydrogens is 538 g/mol. The van der Waals surface area contributed by atoms with Gasteiger partial charge in [-0.1, -0.05) is 42.0 Å². The van der Waals surface area contributed by atoms with Crippen LogP contribution in [-0.4, -0.2) is 61.9 Å². The lowest BCUT2D eigenvalue weighted by atomic mass is 9.97. The Morgan fingerprint density at radius 1 is 0.860 bits per heavy atom. The zero-order chi connectivity index (χ0) is 29.9. The highest BCUT2D eigenvalue weighted by atomic mass is 16.2. The van der Waals surface area contributed by atoms with E-state index in [1.165, 1.54) is 5.69 Å². The van der Waals surface area contributed by atoms with Gasteiger partial charge in [0.1, 0.15) is 5.92 Å². The molecule has 2 N–H and O–H groups in total. The Morgan fingerprint density at radius 3 is 2.35 bits per heavy atom. The summed E-state index contributed by atoms with van der Waals surface area (Å²) in [7, 11) is 2.14. The number of fused-ring (bicyclic) bond motifs is 1. The fourth-order valence-corrected chi connectivity index (χ4v) is 5.45. The number of aliphatic imine (C=N–C) groups is 1. The number of rotatable bonds is 7. The van der Waals surface area contributed by atoms with E-state index >= 15 is 0 Å². The van der Waals surface area contributed by atoms with E-state index in [0.29, 0.717) is 28.1 Å². The van der Waals surface area contributed by atoms with Gasteiger partial charge in [0, 0.05) is 66.1 Å². The molecular formula is C35H33N5O3. The van der Waals surface area contributed by atoms with Crippen molar-refractivity contribution < 1.29 is 14.4 Å². The van der Waals surface area contributed by atoms with Crippen molar-refractivity contribution in [3.8, 4) is 0 Å². The number of ketones is 1. The maximum Gasteiger partial charge on any atom is 0.255 e. The van der Waals surface area contributed by atoms with Crippen molar-refractivity contribution in [2.75, 3.05) is 48.8 Å². The van der Waals surface area contributed by atoms with Crippen molar-refractivity contribution in [3.63, 3.8) is 0 Å². The van der Waals surface area contributed by atoms with Gasteiger partial charge in [0.2, 0.25) is 5.91 Å². The molecule has 1 saturated heterocycles. The predicted molar refractivity (Wildman–Crippen MR) is 171 cm³/mol. The molecule has 1 fully saturated rings. The summed E-state index contributed by atoms with van der Waals surface area (Å²) in [6, 6.07) is 27.5. The molecule has 0 radical (unpaired) electrons. The Morgan fingerprint density at radius 2 is 1.58 bits per heavy atom. The number of amides is 2. The average molecular weight is 572 g/mol. The molecule has 2 heterocycles. The van der Waals surface area contributed by atoms with E-state index in [1.54, 1.807) is 54.7 Å². The van der Waals surface area contributed by atoms with E-state index in [4.69, 9.17) is 0 Å². The van der Waals surface area contributed by atoms with Crippen molar-refractivity contribution in [2.24, 2.45) is 4.99 Å². The first-order chi connectivity index (χ1) is 20.8. The Labute approximate surface area is 251 Å². The van der Waals surface area contributed by atoms with Crippen molar-refractivity contribution in [1.29, 1.82) is 0 Å². The number of nitrogens with one attached hydrogen (secondary N) is 2. The van der Waals surface area contributed by atoms with Crippen molar-refractivity contribution >= 4 is 46.6 Å². The third-order valence-electron chi connectivity index (χ3n) is 7.94. The third-order valence-corrected chi connectivity index (χ3v) is 7.94. The van der Waals surface area contributed by atoms with Gasteiger partial charge in [-0.05, 0) is 74.1 Å². The number of aryl methyl sites for hydroxylation is 1. The van der Waals surface area contributed by atoms with E-state index < -0.39 is 5.92 Å². The molecule has 0 aromatic heterocycles. The minimum absolute atomic E-state index is 0.182. The summed E-state index contributed by atoms with van der Waals surface area (Å²) in [5.74, 6) is -1.18. The number of nitrogens with zero attached hydrogens (tertiary/aromatic N) is 3. The van der Waals surface area contributed by atoms with Crippen LogP contribution in [0.1, 0.15) is 43.3 Å². The minimum atomic E-state index is -0.545. The lowest BCUT2D eigenvalue weighted by Gasteiger charge is -2.34. The molecule has 0 bridgehead atoms. The maximum absolute atomic E-state index is 13.4. The van der Waals surface area contributed by atoms with Gasteiger partial charge in [-0.2, -0.15) is 0 Å². The monoisotopic (exact) mass is 571 g/mol. The molecule has 43 heavy (non-hydrogen) atoms. The van der Waals surface area contributed by atoms with Crippen LogP contribution in [0.2, 0.25) is 0 Å². The SMILES string of the molecule is Cc1cccc(C(=O)Nc2cccc(C(=O)c3ccc4c(c3)NC(=O)C4C=Nc3ccc(N4CCN(C)CC4)cc3)c2)c1. The summed E-state index contributed by atoms with van der Waals surface area (Å²) in [6.07, 6.45) is 1.66. The molecule has 1 unspecified atom stereocenters. The van der Waals surface area contributed by atoms with Crippen LogP contribution in [0.25, 0.3) is 0 Å². The van der Waals surface area contributed by atoms with Crippen molar-refractivity contribution in [3.05, 3.63) is 119 Å². The predicted octanol–water partition coefficient (Wildman–Crippen LogP) is 5.67. The fourth-order valence-electron chi connectivity index (χ4n) is 5.45. The number of benzene rings is 4. The van der Waals surface area contributed by atoms with Gasteiger partial charge in [-0.15, -0.1) is 0 Å².